The van der Waals surface area contributed by atoms with Crippen molar-refractivity contribution < 1.29 is 4.74 Å². The molecular formula is C18H20ClNO. The van der Waals surface area contributed by atoms with Crippen molar-refractivity contribution in [1.29, 1.82) is 0 Å². The standard InChI is InChI=1S/C18H20ClNO/c1-12-8-9-14(11-16(12)19)20-17-7-4-10-21-18-13(2)5-3-6-15(17)18/h3,5-6,8-9,11,17,20H,4,7,10H2,1-2H3. The highest BCUT2D eigenvalue weighted by Crippen LogP contribution is 2.36. The summed E-state index contributed by atoms with van der Waals surface area (Å²) < 4.78 is 5.92. The Hall–Kier alpha value is -1.67. The second-order valence-electron chi connectivity index (χ2n) is 5.64. The SMILES string of the molecule is Cc1ccc(NC2CCCOc3c(C)cccc32)cc1Cl. The van der Waals surface area contributed by atoms with Gasteiger partial charge in [0.15, 0.2) is 0 Å². The van der Waals surface area contributed by atoms with E-state index in [0.29, 0.717) is 0 Å². The van der Waals surface area contributed by atoms with Gasteiger partial charge in [-0.3, -0.25) is 0 Å². The summed E-state index contributed by atoms with van der Waals surface area (Å²) >= 11 is 6.22. The quantitative estimate of drug-likeness (QED) is 0.814. The van der Waals surface area contributed by atoms with Gasteiger partial charge in [0, 0.05) is 16.3 Å². The second kappa shape index (κ2) is 5.98. The molecule has 1 aliphatic heterocycles. The largest absolute Gasteiger partial charge is 0.493 e. The van der Waals surface area contributed by atoms with Gasteiger partial charge < -0.3 is 10.1 Å². The van der Waals surface area contributed by atoms with Crippen LogP contribution in [-0.4, -0.2) is 6.61 Å². The van der Waals surface area contributed by atoms with Crippen LogP contribution >= 0.6 is 11.6 Å². The third-order valence-electron chi connectivity index (χ3n) is 4.01. The number of ether oxygens (including phenoxy) is 1. The molecule has 3 heteroatoms. The van der Waals surface area contributed by atoms with E-state index in [4.69, 9.17) is 16.3 Å². The topological polar surface area (TPSA) is 21.3 Å². The van der Waals surface area contributed by atoms with Crippen LogP contribution in [0.1, 0.15) is 35.6 Å². The predicted molar refractivity (Wildman–Crippen MR) is 88.5 cm³/mol. The molecule has 110 valence electrons. The molecule has 0 amide bonds. The Bertz CT molecular complexity index is 654. The average Bonchev–Trinajstić information content (AvgIpc) is 2.67. The van der Waals surface area contributed by atoms with Crippen LogP contribution < -0.4 is 10.1 Å². The van der Waals surface area contributed by atoms with Crippen molar-refractivity contribution in [2.45, 2.75) is 32.7 Å². The van der Waals surface area contributed by atoms with Gasteiger partial charge in [-0.1, -0.05) is 35.9 Å². The minimum atomic E-state index is 0.265. The fourth-order valence-corrected chi connectivity index (χ4v) is 2.98. The fourth-order valence-electron chi connectivity index (χ4n) is 2.80. The van der Waals surface area contributed by atoms with Crippen molar-refractivity contribution in [1.82, 2.24) is 0 Å². The molecule has 1 aliphatic rings. The van der Waals surface area contributed by atoms with Gasteiger partial charge in [0.1, 0.15) is 5.75 Å². The van der Waals surface area contributed by atoms with Crippen LogP contribution in [0, 0.1) is 13.8 Å². The van der Waals surface area contributed by atoms with Crippen molar-refractivity contribution in [2.75, 3.05) is 11.9 Å². The van der Waals surface area contributed by atoms with Crippen molar-refractivity contribution in [2.24, 2.45) is 0 Å². The van der Waals surface area contributed by atoms with Crippen molar-refractivity contribution in [3.63, 3.8) is 0 Å². The van der Waals surface area contributed by atoms with Crippen molar-refractivity contribution in [3.8, 4) is 5.75 Å². The molecule has 1 unspecified atom stereocenters. The molecule has 1 heterocycles. The van der Waals surface area contributed by atoms with Gasteiger partial charge in [0.25, 0.3) is 0 Å². The normalized spacial score (nSPS) is 17.6. The zero-order valence-electron chi connectivity index (χ0n) is 12.4. The number of benzene rings is 2. The number of aryl methyl sites for hydroxylation is 2. The van der Waals surface area contributed by atoms with Gasteiger partial charge in [0.05, 0.1) is 12.6 Å². The molecule has 0 bridgehead atoms. The zero-order valence-corrected chi connectivity index (χ0v) is 13.2. The summed E-state index contributed by atoms with van der Waals surface area (Å²) in [5.41, 5.74) is 4.60. The van der Waals surface area contributed by atoms with E-state index in [2.05, 4.69) is 42.6 Å². The number of hydrogen-bond donors (Lipinski definition) is 1. The third kappa shape index (κ3) is 3.01. The van der Waals surface area contributed by atoms with E-state index in [1.165, 1.54) is 11.1 Å². The Labute approximate surface area is 131 Å². The summed E-state index contributed by atoms with van der Waals surface area (Å²) in [7, 11) is 0. The molecule has 0 aromatic heterocycles. The maximum Gasteiger partial charge on any atom is 0.127 e. The van der Waals surface area contributed by atoms with E-state index < -0.39 is 0 Å². The first-order chi connectivity index (χ1) is 10.1. The van der Waals surface area contributed by atoms with E-state index in [-0.39, 0.29) is 6.04 Å². The molecule has 1 atom stereocenters. The van der Waals surface area contributed by atoms with Gasteiger partial charge in [-0.05, 0) is 49.9 Å². The van der Waals surface area contributed by atoms with Gasteiger partial charge in [-0.15, -0.1) is 0 Å². The van der Waals surface area contributed by atoms with Crippen LogP contribution in [0.15, 0.2) is 36.4 Å². The third-order valence-corrected chi connectivity index (χ3v) is 4.42. The van der Waals surface area contributed by atoms with Gasteiger partial charge in [-0.25, -0.2) is 0 Å². The summed E-state index contributed by atoms with van der Waals surface area (Å²) in [6.07, 6.45) is 2.10. The molecule has 2 nitrogen and oxygen atoms in total. The number of fused-ring (bicyclic) bond motifs is 1. The smallest absolute Gasteiger partial charge is 0.127 e. The molecule has 0 saturated carbocycles. The molecule has 0 radical (unpaired) electrons. The maximum absolute atomic E-state index is 6.22. The number of halogens is 1. The number of anilines is 1. The number of nitrogens with one attached hydrogen (secondary N) is 1. The van der Waals surface area contributed by atoms with E-state index in [9.17, 15) is 0 Å². The molecule has 0 spiro atoms. The molecule has 1 N–H and O–H groups in total. The molecule has 3 rings (SSSR count). The second-order valence-corrected chi connectivity index (χ2v) is 6.05. The van der Waals surface area contributed by atoms with Crippen LogP contribution in [0.4, 0.5) is 5.69 Å². The Kier molecular flexibility index (Phi) is 4.07. The highest BCUT2D eigenvalue weighted by molar-refractivity contribution is 6.31. The predicted octanol–water partition coefficient (Wildman–Crippen LogP) is 5.28. The van der Waals surface area contributed by atoms with Crippen molar-refractivity contribution >= 4 is 17.3 Å². The van der Waals surface area contributed by atoms with Crippen LogP contribution in [-0.2, 0) is 0 Å². The summed E-state index contributed by atoms with van der Waals surface area (Å²) in [4.78, 5) is 0. The minimum absolute atomic E-state index is 0.265. The lowest BCUT2D eigenvalue weighted by Gasteiger charge is -2.21. The molecule has 0 fully saturated rings. The van der Waals surface area contributed by atoms with Crippen LogP contribution in [0.3, 0.4) is 0 Å². The lowest BCUT2D eigenvalue weighted by Crippen LogP contribution is -2.10. The molecule has 0 saturated heterocycles. The first-order valence-electron chi connectivity index (χ1n) is 7.40. The lowest BCUT2D eigenvalue weighted by atomic mass is 9.99. The van der Waals surface area contributed by atoms with E-state index in [1.807, 2.05) is 13.0 Å². The Balaban J connectivity index is 1.92. The summed E-state index contributed by atoms with van der Waals surface area (Å²) in [6, 6.07) is 12.8. The maximum atomic E-state index is 6.22. The minimum Gasteiger partial charge on any atom is -0.493 e. The van der Waals surface area contributed by atoms with Crippen molar-refractivity contribution in [3.05, 3.63) is 58.1 Å². The number of rotatable bonds is 2. The number of para-hydroxylation sites is 1. The highest BCUT2D eigenvalue weighted by Gasteiger charge is 2.20. The van der Waals surface area contributed by atoms with Crippen LogP contribution in [0.25, 0.3) is 0 Å². The first-order valence-corrected chi connectivity index (χ1v) is 7.78. The molecule has 2 aromatic carbocycles. The monoisotopic (exact) mass is 301 g/mol. The average molecular weight is 302 g/mol. The summed E-state index contributed by atoms with van der Waals surface area (Å²) in [5.74, 6) is 1.03. The first kappa shape index (κ1) is 14.3. The van der Waals surface area contributed by atoms with E-state index in [0.717, 1.165) is 41.5 Å². The van der Waals surface area contributed by atoms with Crippen LogP contribution in [0.5, 0.6) is 5.75 Å². The van der Waals surface area contributed by atoms with Gasteiger partial charge in [-0.2, -0.15) is 0 Å². The van der Waals surface area contributed by atoms with Gasteiger partial charge in [0.2, 0.25) is 0 Å². The van der Waals surface area contributed by atoms with E-state index >= 15 is 0 Å². The molecule has 2 aromatic rings. The molecule has 0 aliphatic carbocycles. The Morgan fingerprint density at radius 3 is 2.81 bits per heavy atom. The van der Waals surface area contributed by atoms with Crippen LogP contribution in [0.2, 0.25) is 5.02 Å². The Morgan fingerprint density at radius 2 is 2.00 bits per heavy atom. The summed E-state index contributed by atoms with van der Waals surface area (Å²) in [5, 5.41) is 4.41. The van der Waals surface area contributed by atoms with E-state index in [1.54, 1.807) is 0 Å². The zero-order chi connectivity index (χ0) is 14.8. The molecule has 21 heavy (non-hydrogen) atoms. The Morgan fingerprint density at radius 1 is 1.14 bits per heavy atom. The number of hydrogen-bond acceptors (Lipinski definition) is 2. The molecular weight excluding hydrogens is 282 g/mol. The van der Waals surface area contributed by atoms with Gasteiger partial charge >= 0.3 is 0 Å². The lowest BCUT2D eigenvalue weighted by molar-refractivity contribution is 0.314. The fraction of sp³-hybridized carbons (Fsp3) is 0.333. The highest BCUT2D eigenvalue weighted by atomic mass is 35.5. The summed E-state index contributed by atoms with van der Waals surface area (Å²) in [6.45, 7) is 4.90.